The zero-order chi connectivity index (χ0) is 24.8. The molecule has 1 saturated carbocycles. The summed E-state index contributed by atoms with van der Waals surface area (Å²) < 4.78 is 10.5. The lowest BCUT2D eigenvalue weighted by Crippen LogP contribution is -2.36. The van der Waals surface area contributed by atoms with Gasteiger partial charge in [0, 0.05) is 39.0 Å². The lowest BCUT2D eigenvalue weighted by atomic mass is 9.98. The number of carbonyl (C=O) groups excluding carboxylic acids is 2. The second-order valence-corrected chi connectivity index (χ2v) is 9.21. The van der Waals surface area contributed by atoms with Crippen molar-refractivity contribution in [1.82, 2.24) is 10.6 Å². The van der Waals surface area contributed by atoms with E-state index in [0.717, 1.165) is 24.0 Å². The van der Waals surface area contributed by atoms with Crippen LogP contribution in [0, 0.1) is 11.8 Å². The Morgan fingerprint density at radius 3 is 2.20 bits per heavy atom. The molecular formula is C27H32N2O6. The molecule has 0 saturated heterocycles. The van der Waals surface area contributed by atoms with Gasteiger partial charge >= 0.3 is 12.1 Å². The van der Waals surface area contributed by atoms with Gasteiger partial charge in [-0.05, 0) is 46.9 Å². The minimum absolute atomic E-state index is 0.000106. The van der Waals surface area contributed by atoms with Crippen LogP contribution in [-0.2, 0) is 19.1 Å². The fourth-order valence-corrected chi connectivity index (χ4v) is 4.83. The van der Waals surface area contributed by atoms with Crippen molar-refractivity contribution in [3.63, 3.8) is 0 Å². The molecule has 0 radical (unpaired) electrons. The number of benzene rings is 2. The maximum Gasteiger partial charge on any atom is 0.407 e. The second kappa shape index (κ2) is 11.4. The molecule has 0 spiro atoms. The van der Waals surface area contributed by atoms with Crippen LogP contribution in [0.2, 0.25) is 0 Å². The molecule has 2 atom stereocenters. The maximum atomic E-state index is 12.5. The Labute approximate surface area is 205 Å². The highest BCUT2D eigenvalue weighted by Crippen LogP contribution is 2.44. The number of carboxylic acid groups (broad SMARTS) is 1. The molecule has 2 aliphatic carbocycles. The van der Waals surface area contributed by atoms with Crippen molar-refractivity contribution < 1.29 is 29.0 Å². The minimum Gasteiger partial charge on any atom is -0.479 e. The molecule has 8 nitrogen and oxygen atoms in total. The van der Waals surface area contributed by atoms with Crippen LogP contribution >= 0.6 is 0 Å². The highest BCUT2D eigenvalue weighted by molar-refractivity contribution is 5.79. The summed E-state index contributed by atoms with van der Waals surface area (Å²) in [5.74, 6) is -0.783. The first kappa shape index (κ1) is 24.7. The van der Waals surface area contributed by atoms with E-state index >= 15 is 0 Å². The number of methoxy groups -OCH3 is 1. The molecule has 0 aliphatic heterocycles. The van der Waals surface area contributed by atoms with Gasteiger partial charge in [-0.15, -0.1) is 0 Å². The van der Waals surface area contributed by atoms with Crippen molar-refractivity contribution in [3.05, 3.63) is 59.7 Å². The average Bonchev–Trinajstić information content (AvgIpc) is 3.65. The smallest absolute Gasteiger partial charge is 0.407 e. The summed E-state index contributed by atoms with van der Waals surface area (Å²) in [4.78, 5) is 35.9. The third-order valence-electron chi connectivity index (χ3n) is 6.88. The third-order valence-corrected chi connectivity index (χ3v) is 6.88. The van der Waals surface area contributed by atoms with Crippen LogP contribution in [0.15, 0.2) is 48.5 Å². The molecule has 2 aromatic rings. The molecule has 1 fully saturated rings. The molecule has 2 unspecified atom stereocenters. The maximum absolute atomic E-state index is 12.5. The van der Waals surface area contributed by atoms with Gasteiger partial charge in [0.2, 0.25) is 5.91 Å². The van der Waals surface area contributed by atoms with E-state index in [0.29, 0.717) is 12.5 Å². The van der Waals surface area contributed by atoms with Crippen LogP contribution in [0.5, 0.6) is 0 Å². The number of rotatable bonds is 12. The van der Waals surface area contributed by atoms with Gasteiger partial charge < -0.3 is 25.2 Å². The van der Waals surface area contributed by atoms with Gasteiger partial charge in [-0.2, -0.15) is 0 Å². The third kappa shape index (κ3) is 6.19. The van der Waals surface area contributed by atoms with E-state index in [4.69, 9.17) is 14.6 Å². The minimum atomic E-state index is -1.05. The van der Waals surface area contributed by atoms with Crippen molar-refractivity contribution in [3.8, 4) is 11.1 Å². The molecular weight excluding hydrogens is 448 g/mol. The Hall–Kier alpha value is -3.39. The predicted octanol–water partition coefficient (Wildman–Crippen LogP) is 3.55. The van der Waals surface area contributed by atoms with Crippen LogP contribution in [0.1, 0.15) is 42.7 Å². The topological polar surface area (TPSA) is 114 Å². The van der Waals surface area contributed by atoms with Gasteiger partial charge in [-0.3, -0.25) is 4.79 Å². The molecule has 0 bridgehead atoms. The fraction of sp³-hybridized carbons (Fsp3) is 0.444. The van der Waals surface area contributed by atoms with Crippen molar-refractivity contribution in [2.75, 3.05) is 26.8 Å². The summed E-state index contributed by atoms with van der Waals surface area (Å²) in [6.45, 7) is 0.837. The molecule has 2 aromatic carbocycles. The van der Waals surface area contributed by atoms with E-state index in [1.807, 2.05) is 24.3 Å². The molecule has 3 N–H and O–H groups in total. The molecule has 35 heavy (non-hydrogen) atoms. The number of carbonyl (C=O) groups is 3. The second-order valence-electron chi connectivity index (χ2n) is 9.21. The molecule has 2 amide bonds. The van der Waals surface area contributed by atoms with Crippen molar-refractivity contribution >= 4 is 18.0 Å². The van der Waals surface area contributed by atoms with Gasteiger partial charge in [0.1, 0.15) is 6.61 Å². The van der Waals surface area contributed by atoms with E-state index in [-0.39, 0.29) is 43.7 Å². The number of nitrogens with one attached hydrogen (secondary N) is 2. The molecule has 0 aromatic heterocycles. The van der Waals surface area contributed by atoms with E-state index < -0.39 is 18.2 Å². The quantitative estimate of drug-likeness (QED) is 0.428. The highest BCUT2D eigenvalue weighted by Gasteiger charge is 2.33. The first-order valence-corrected chi connectivity index (χ1v) is 12.1. The number of hydrogen-bond donors (Lipinski definition) is 3. The van der Waals surface area contributed by atoms with Crippen molar-refractivity contribution in [2.45, 2.75) is 37.7 Å². The summed E-state index contributed by atoms with van der Waals surface area (Å²) >= 11 is 0. The van der Waals surface area contributed by atoms with E-state index in [9.17, 15) is 14.4 Å². The first-order valence-electron chi connectivity index (χ1n) is 12.1. The van der Waals surface area contributed by atoms with Crippen LogP contribution in [0.25, 0.3) is 11.1 Å². The molecule has 4 rings (SSSR count). The molecule has 2 aliphatic rings. The van der Waals surface area contributed by atoms with E-state index in [1.54, 1.807) is 0 Å². The molecule has 0 heterocycles. The highest BCUT2D eigenvalue weighted by atomic mass is 16.5. The van der Waals surface area contributed by atoms with Gasteiger partial charge in [0.05, 0.1) is 0 Å². The molecule has 8 heteroatoms. The number of amides is 2. The SMILES string of the molecule is COC(CCNC(=O)CC(CNC(=O)OCC1c2ccccc2-c2ccccc21)C1CC1)C(=O)O. The number of ether oxygens (including phenoxy) is 2. The van der Waals surface area contributed by atoms with Crippen LogP contribution < -0.4 is 10.6 Å². The average molecular weight is 481 g/mol. The monoisotopic (exact) mass is 480 g/mol. The summed E-state index contributed by atoms with van der Waals surface area (Å²) in [6, 6.07) is 16.4. The predicted molar refractivity (Wildman–Crippen MR) is 130 cm³/mol. The zero-order valence-electron chi connectivity index (χ0n) is 19.9. The number of fused-ring (bicyclic) bond motifs is 3. The van der Waals surface area contributed by atoms with Crippen molar-refractivity contribution in [1.29, 1.82) is 0 Å². The number of aliphatic carboxylic acids is 1. The number of carboxylic acids is 1. The van der Waals surface area contributed by atoms with Gasteiger partial charge in [0.25, 0.3) is 0 Å². The molecule has 186 valence electrons. The first-order chi connectivity index (χ1) is 17.0. The van der Waals surface area contributed by atoms with E-state index in [2.05, 4.69) is 34.9 Å². The number of hydrogen-bond acceptors (Lipinski definition) is 5. The zero-order valence-corrected chi connectivity index (χ0v) is 19.9. The fourth-order valence-electron chi connectivity index (χ4n) is 4.83. The lowest BCUT2D eigenvalue weighted by molar-refractivity contribution is -0.149. The summed E-state index contributed by atoms with van der Waals surface area (Å²) in [5.41, 5.74) is 4.68. The van der Waals surface area contributed by atoms with Crippen LogP contribution in [0.4, 0.5) is 4.79 Å². The summed E-state index contributed by atoms with van der Waals surface area (Å²) in [5, 5.41) is 14.6. The Bertz CT molecular complexity index is 1020. The Morgan fingerprint density at radius 2 is 1.63 bits per heavy atom. The van der Waals surface area contributed by atoms with E-state index in [1.165, 1.54) is 18.2 Å². The Morgan fingerprint density at radius 1 is 1.00 bits per heavy atom. The van der Waals surface area contributed by atoms with Crippen LogP contribution in [-0.4, -0.2) is 56.0 Å². The normalized spacial score (nSPS) is 16.0. The lowest BCUT2D eigenvalue weighted by Gasteiger charge is -2.18. The standard InChI is InChI=1S/C27H32N2O6/c1-34-24(26(31)32)12-13-28-25(30)14-18(17-10-11-17)15-29-27(33)35-16-23-21-8-4-2-6-19(21)20-7-3-5-9-22(20)23/h2-9,17-18,23-24H,10-16H2,1H3,(H,28,30)(H,29,33)(H,31,32). The van der Waals surface area contributed by atoms with Crippen LogP contribution in [0.3, 0.4) is 0 Å². The Balaban J connectivity index is 1.24. The van der Waals surface area contributed by atoms with Crippen molar-refractivity contribution in [2.24, 2.45) is 11.8 Å². The van der Waals surface area contributed by atoms with Gasteiger partial charge in [-0.1, -0.05) is 48.5 Å². The largest absolute Gasteiger partial charge is 0.479 e. The summed E-state index contributed by atoms with van der Waals surface area (Å²) in [7, 11) is 1.33. The van der Waals surface area contributed by atoms with Gasteiger partial charge in [0.15, 0.2) is 6.10 Å². The summed E-state index contributed by atoms with van der Waals surface area (Å²) in [6.07, 6.45) is 1.12. The number of alkyl carbamates (subject to hydrolysis) is 1. The van der Waals surface area contributed by atoms with Gasteiger partial charge in [-0.25, -0.2) is 9.59 Å². The Kier molecular flexibility index (Phi) is 8.02.